The molecule has 0 aliphatic rings. The van der Waals surface area contributed by atoms with Crippen molar-refractivity contribution in [2.75, 3.05) is 4.90 Å². The van der Waals surface area contributed by atoms with Crippen LogP contribution in [0.1, 0.15) is 105 Å². The minimum absolute atomic E-state index is 0.0314. The molecule has 1 heterocycles. The summed E-state index contributed by atoms with van der Waals surface area (Å²) in [4.78, 5) is 2.46. The first-order valence-corrected chi connectivity index (χ1v) is 25.2. The Balaban J connectivity index is 1.09. The van der Waals surface area contributed by atoms with E-state index in [1.165, 1.54) is 104 Å². The van der Waals surface area contributed by atoms with Crippen molar-refractivity contribution in [1.29, 1.82) is 0 Å². The van der Waals surface area contributed by atoms with Gasteiger partial charge in [0.2, 0.25) is 0 Å². The zero-order valence-corrected chi connectivity index (χ0v) is 43.2. The Morgan fingerprint density at radius 2 is 0.643 bits per heavy atom. The molecule has 0 radical (unpaired) electrons. The molecule has 0 saturated carbocycles. The van der Waals surface area contributed by atoms with E-state index in [1.54, 1.807) is 0 Å². The first-order chi connectivity index (χ1) is 33.2. The van der Waals surface area contributed by atoms with Gasteiger partial charge in [-0.05, 0) is 148 Å². The molecule has 10 aromatic carbocycles. The molecule has 0 bridgehead atoms. The molecule has 1 aromatic heterocycles. The van der Waals surface area contributed by atoms with Gasteiger partial charge in [-0.3, -0.25) is 0 Å². The molecule has 0 N–H and O–H groups in total. The number of rotatable bonds is 6. The standard InChI is InChI=1S/C68H66N2/c1-65(2,3)49-25-13-43(14-26-49)45-17-31-53(32-18-45)69(54-33-19-46(20-34-54)44-15-27-50(28-16-44)66(4,5)6)59-37-23-47-22-36-56-60(38-24-48-21-35-55(59)63(47)64(48)56)70-61-39-29-51(67(7,8)9)41-57(61)58-42-52(68(10,11)12)30-40-62(58)70/h13-42H,1-12H3. The van der Waals surface area contributed by atoms with Crippen LogP contribution >= 0.6 is 0 Å². The summed E-state index contributed by atoms with van der Waals surface area (Å²) in [6.45, 7) is 27.5. The van der Waals surface area contributed by atoms with E-state index in [0.29, 0.717) is 0 Å². The molecule has 11 aromatic rings. The Labute approximate surface area is 415 Å². The van der Waals surface area contributed by atoms with Gasteiger partial charge in [-0.15, -0.1) is 0 Å². The van der Waals surface area contributed by atoms with E-state index in [9.17, 15) is 0 Å². The fourth-order valence-electron chi connectivity index (χ4n) is 10.7. The molecule has 11 rings (SSSR count). The molecule has 0 aliphatic heterocycles. The van der Waals surface area contributed by atoms with E-state index < -0.39 is 0 Å². The highest BCUT2D eigenvalue weighted by atomic mass is 15.1. The van der Waals surface area contributed by atoms with Crippen molar-refractivity contribution < 1.29 is 0 Å². The first kappa shape index (κ1) is 45.3. The summed E-state index contributed by atoms with van der Waals surface area (Å²) in [6, 6.07) is 69.5. The Hall–Kier alpha value is -7.16. The minimum atomic E-state index is 0.0314. The number of aromatic nitrogens is 1. The molecule has 0 amide bonds. The molecule has 0 fully saturated rings. The van der Waals surface area contributed by atoms with Crippen LogP contribution in [0.5, 0.6) is 0 Å². The van der Waals surface area contributed by atoms with Crippen LogP contribution in [0.4, 0.5) is 17.1 Å². The van der Waals surface area contributed by atoms with Gasteiger partial charge in [0, 0.05) is 32.9 Å². The number of anilines is 3. The fraction of sp³-hybridized carbons (Fsp3) is 0.235. The van der Waals surface area contributed by atoms with Gasteiger partial charge in [0.15, 0.2) is 0 Å². The van der Waals surface area contributed by atoms with Gasteiger partial charge in [-0.2, -0.15) is 0 Å². The lowest BCUT2D eigenvalue weighted by molar-refractivity contribution is 0.590. The van der Waals surface area contributed by atoms with Gasteiger partial charge < -0.3 is 9.47 Å². The molecular weight excluding hydrogens is 845 g/mol. The maximum absolute atomic E-state index is 2.53. The van der Waals surface area contributed by atoms with Gasteiger partial charge >= 0.3 is 0 Å². The molecule has 2 nitrogen and oxygen atoms in total. The quantitative estimate of drug-likeness (QED) is 0.151. The molecular formula is C68H66N2. The van der Waals surface area contributed by atoms with Gasteiger partial charge in [0.1, 0.15) is 0 Å². The topological polar surface area (TPSA) is 8.17 Å². The highest BCUT2D eigenvalue weighted by molar-refractivity contribution is 6.27. The van der Waals surface area contributed by atoms with Crippen molar-refractivity contribution in [1.82, 2.24) is 4.57 Å². The van der Waals surface area contributed by atoms with E-state index in [0.717, 1.165) is 17.1 Å². The van der Waals surface area contributed by atoms with Crippen molar-refractivity contribution in [3.8, 4) is 27.9 Å². The van der Waals surface area contributed by atoms with Crippen molar-refractivity contribution >= 4 is 71.2 Å². The predicted molar refractivity (Wildman–Crippen MR) is 305 cm³/mol. The average Bonchev–Trinajstić information content (AvgIpc) is 3.66. The van der Waals surface area contributed by atoms with Crippen molar-refractivity contribution in [3.63, 3.8) is 0 Å². The van der Waals surface area contributed by atoms with E-state index in [4.69, 9.17) is 0 Å². The monoisotopic (exact) mass is 911 g/mol. The number of fused-ring (bicyclic) bond motifs is 3. The minimum Gasteiger partial charge on any atom is -0.310 e. The third-order valence-electron chi connectivity index (χ3n) is 15.0. The van der Waals surface area contributed by atoms with Crippen molar-refractivity contribution in [2.45, 2.75) is 105 Å². The van der Waals surface area contributed by atoms with E-state index in [-0.39, 0.29) is 21.7 Å². The summed E-state index contributed by atoms with van der Waals surface area (Å²) < 4.78 is 2.53. The highest BCUT2D eigenvalue weighted by Gasteiger charge is 2.24. The molecule has 0 spiro atoms. The number of hydrogen-bond acceptors (Lipinski definition) is 1. The Morgan fingerprint density at radius 1 is 0.300 bits per heavy atom. The lowest BCUT2D eigenvalue weighted by atomic mass is 9.85. The normalized spacial score (nSPS) is 12.9. The van der Waals surface area contributed by atoms with Crippen LogP contribution in [0.15, 0.2) is 182 Å². The second kappa shape index (κ2) is 16.2. The third kappa shape index (κ3) is 7.83. The summed E-state index contributed by atoms with van der Waals surface area (Å²) in [6.07, 6.45) is 0. The second-order valence-electron chi connectivity index (χ2n) is 24.0. The summed E-state index contributed by atoms with van der Waals surface area (Å²) in [5.41, 5.74) is 17.6. The van der Waals surface area contributed by atoms with Gasteiger partial charge in [-0.1, -0.05) is 204 Å². The summed E-state index contributed by atoms with van der Waals surface area (Å²) in [5, 5.41) is 10.2. The van der Waals surface area contributed by atoms with E-state index >= 15 is 0 Å². The molecule has 0 atom stereocenters. The maximum Gasteiger partial charge on any atom is 0.0541 e. The molecule has 0 saturated heterocycles. The second-order valence-corrected chi connectivity index (χ2v) is 24.0. The van der Waals surface area contributed by atoms with Crippen LogP contribution < -0.4 is 4.90 Å². The van der Waals surface area contributed by atoms with Crippen LogP contribution in [-0.2, 0) is 21.7 Å². The first-order valence-electron chi connectivity index (χ1n) is 25.2. The summed E-state index contributed by atoms with van der Waals surface area (Å²) in [7, 11) is 0. The molecule has 0 aliphatic carbocycles. The Bertz CT molecular complexity index is 3570. The van der Waals surface area contributed by atoms with Crippen LogP contribution in [0.2, 0.25) is 0 Å². The molecule has 70 heavy (non-hydrogen) atoms. The summed E-state index contributed by atoms with van der Waals surface area (Å²) in [5.74, 6) is 0. The van der Waals surface area contributed by atoms with Gasteiger partial charge in [0.05, 0.1) is 22.4 Å². The fourth-order valence-corrected chi connectivity index (χ4v) is 10.7. The summed E-state index contributed by atoms with van der Waals surface area (Å²) >= 11 is 0. The van der Waals surface area contributed by atoms with Crippen LogP contribution in [0.25, 0.3) is 82.1 Å². The molecule has 2 heteroatoms. The molecule has 348 valence electrons. The lowest BCUT2D eigenvalue weighted by Crippen LogP contribution is -2.11. The number of benzene rings is 10. The largest absolute Gasteiger partial charge is 0.310 e. The van der Waals surface area contributed by atoms with Crippen LogP contribution in [0.3, 0.4) is 0 Å². The van der Waals surface area contributed by atoms with Gasteiger partial charge in [-0.25, -0.2) is 0 Å². The van der Waals surface area contributed by atoms with Crippen molar-refractivity contribution in [3.05, 3.63) is 204 Å². The number of hydrogen-bond donors (Lipinski definition) is 0. The third-order valence-corrected chi connectivity index (χ3v) is 15.0. The number of nitrogens with zero attached hydrogens (tertiary/aromatic N) is 2. The zero-order chi connectivity index (χ0) is 49.1. The maximum atomic E-state index is 2.53. The Morgan fingerprint density at radius 3 is 1.06 bits per heavy atom. The predicted octanol–water partition coefficient (Wildman–Crippen LogP) is 19.7. The smallest absolute Gasteiger partial charge is 0.0541 e. The van der Waals surface area contributed by atoms with Crippen LogP contribution in [0, 0.1) is 0 Å². The average molecular weight is 911 g/mol. The SMILES string of the molecule is CC(C)(C)c1ccc(-c2ccc(N(c3ccc(-c4ccc(C(C)(C)C)cc4)cc3)c3ccc4ccc5c(-n6c7ccc(C(C)(C)C)cc7c7cc(C(C)(C)C)ccc76)ccc6ccc3c4c65)cc2)cc1. The van der Waals surface area contributed by atoms with Crippen molar-refractivity contribution in [2.24, 2.45) is 0 Å². The van der Waals surface area contributed by atoms with E-state index in [2.05, 4.69) is 275 Å². The van der Waals surface area contributed by atoms with Crippen LogP contribution in [-0.4, -0.2) is 4.57 Å². The van der Waals surface area contributed by atoms with Gasteiger partial charge in [0.25, 0.3) is 0 Å². The lowest BCUT2D eigenvalue weighted by Gasteiger charge is -2.28. The highest BCUT2D eigenvalue weighted by Crippen LogP contribution is 2.47. The van der Waals surface area contributed by atoms with E-state index in [1.807, 2.05) is 0 Å². The zero-order valence-electron chi connectivity index (χ0n) is 43.2. The molecule has 0 unspecified atom stereocenters. The Kier molecular flexibility index (Phi) is 10.5.